The lowest BCUT2D eigenvalue weighted by Crippen LogP contribution is -2.07. The van der Waals surface area contributed by atoms with E-state index in [0.717, 1.165) is 22.2 Å². The molecule has 0 spiro atoms. The van der Waals surface area contributed by atoms with Crippen LogP contribution >= 0.6 is 0 Å². The predicted octanol–water partition coefficient (Wildman–Crippen LogP) is 5.04. The summed E-state index contributed by atoms with van der Waals surface area (Å²) < 4.78 is 5.39. The van der Waals surface area contributed by atoms with Crippen LogP contribution in [0.1, 0.15) is 53.7 Å². The minimum absolute atomic E-state index is 0.0245. The molecule has 4 nitrogen and oxygen atoms in total. The second-order valence-corrected chi connectivity index (χ2v) is 6.94. The Kier molecular flexibility index (Phi) is 4.94. The Balaban J connectivity index is 1.99. The molecule has 0 amide bonds. The van der Waals surface area contributed by atoms with Crippen LogP contribution in [0.4, 0.5) is 5.69 Å². The molecule has 0 saturated heterocycles. The maximum absolute atomic E-state index is 12.0. The maximum atomic E-state index is 12.0. The third-order valence-electron chi connectivity index (χ3n) is 4.59. The molecule has 3 aromatic rings. The van der Waals surface area contributed by atoms with E-state index in [0.29, 0.717) is 23.6 Å². The number of Topliss-reactive ketones (excluding diaryl/α,β-unsaturated/α-hetero) is 1. The minimum atomic E-state index is -0.358. The highest BCUT2D eigenvalue weighted by atomic mass is 16.4. The monoisotopic (exact) mass is 349 g/mol. The first-order chi connectivity index (χ1) is 12.3. The molecule has 1 N–H and O–H groups in total. The average Bonchev–Trinajstić information content (AvgIpc) is 2.58. The van der Waals surface area contributed by atoms with Crippen LogP contribution in [0.25, 0.3) is 11.0 Å². The van der Waals surface area contributed by atoms with E-state index in [4.69, 9.17) is 4.42 Å². The van der Waals surface area contributed by atoms with Gasteiger partial charge in [-0.15, -0.1) is 0 Å². The third-order valence-corrected chi connectivity index (χ3v) is 4.59. The van der Waals surface area contributed by atoms with Gasteiger partial charge in [0.15, 0.2) is 5.78 Å². The molecule has 0 saturated carbocycles. The molecular formula is C22H23NO3. The number of rotatable bonds is 5. The molecule has 0 aliphatic rings. The van der Waals surface area contributed by atoms with E-state index in [1.54, 1.807) is 13.0 Å². The zero-order chi connectivity index (χ0) is 18.8. The smallest absolute Gasteiger partial charge is 0.336 e. The van der Waals surface area contributed by atoms with Gasteiger partial charge in [-0.2, -0.15) is 0 Å². The van der Waals surface area contributed by atoms with Gasteiger partial charge in [-0.1, -0.05) is 26.0 Å². The van der Waals surface area contributed by atoms with Crippen LogP contribution in [0.15, 0.2) is 51.7 Å². The van der Waals surface area contributed by atoms with Crippen LogP contribution in [-0.2, 0) is 6.54 Å². The zero-order valence-corrected chi connectivity index (χ0v) is 15.6. The predicted molar refractivity (Wildman–Crippen MR) is 105 cm³/mol. The summed E-state index contributed by atoms with van der Waals surface area (Å²) in [7, 11) is 0. The van der Waals surface area contributed by atoms with Crippen LogP contribution in [-0.4, -0.2) is 5.78 Å². The van der Waals surface area contributed by atoms with Crippen molar-refractivity contribution in [2.45, 2.75) is 40.2 Å². The SMILES string of the molecule is CC(=O)c1cccc(NCc2cc(=O)oc3cc(C)c(C(C)C)cc23)c1. The Morgan fingerprint density at radius 1 is 1.15 bits per heavy atom. The quantitative estimate of drug-likeness (QED) is 0.518. The van der Waals surface area contributed by atoms with Crippen molar-refractivity contribution in [1.82, 2.24) is 0 Å². The van der Waals surface area contributed by atoms with Crippen LogP contribution < -0.4 is 10.9 Å². The molecule has 1 aromatic heterocycles. The van der Waals surface area contributed by atoms with E-state index in [2.05, 4.69) is 25.2 Å². The number of hydrogen-bond donors (Lipinski definition) is 1. The fourth-order valence-corrected chi connectivity index (χ4v) is 3.21. The molecule has 1 heterocycles. The second kappa shape index (κ2) is 7.16. The van der Waals surface area contributed by atoms with Crippen molar-refractivity contribution in [2.24, 2.45) is 0 Å². The van der Waals surface area contributed by atoms with Crippen LogP contribution in [0.3, 0.4) is 0 Å². The van der Waals surface area contributed by atoms with Gasteiger partial charge in [-0.05, 0) is 60.7 Å². The van der Waals surface area contributed by atoms with Gasteiger partial charge in [-0.3, -0.25) is 4.79 Å². The summed E-state index contributed by atoms with van der Waals surface area (Å²) in [5.74, 6) is 0.413. The van der Waals surface area contributed by atoms with Crippen LogP contribution in [0, 0.1) is 6.92 Å². The van der Waals surface area contributed by atoms with Gasteiger partial charge in [-0.25, -0.2) is 4.79 Å². The lowest BCUT2D eigenvalue weighted by Gasteiger charge is -2.14. The fourth-order valence-electron chi connectivity index (χ4n) is 3.21. The Morgan fingerprint density at radius 2 is 1.92 bits per heavy atom. The number of fused-ring (bicyclic) bond motifs is 1. The first kappa shape index (κ1) is 17.9. The van der Waals surface area contributed by atoms with Crippen molar-refractivity contribution < 1.29 is 9.21 Å². The molecule has 4 heteroatoms. The Hall–Kier alpha value is -2.88. The lowest BCUT2D eigenvalue weighted by molar-refractivity contribution is 0.101. The molecule has 0 fully saturated rings. The molecule has 0 aliphatic heterocycles. The van der Waals surface area contributed by atoms with Gasteiger partial charge in [0.05, 0.1) is 0 Å². The highest BCUT2D eigenvalue weighted by Crippen LogP contribution is 2.27. The summed E-state index contributed by atoms with van der Waals surface area (Å²) in [5, 5.41) is 4.25. The topological polar surface area (TPSA) is 59.3 Å². The normalized spacial score (nSPS) is 11.1. The van der Waals surface area contributed by atoms with E-state index in [9.17, 15) is 9.59 Å². The van der Waals surface area contributed by atoms with E-state index >= 15 is 0 Å². The summed E-state index contributed by atoms with van der Waals surface area (Å²) in [6.45, 7) is 8.36. The molecule has 0 atom stereocenters. The minimum Gasteiger partial charge on any atom is -0.423 e. The molecular weight excluding hydrogens is 326 g/mol. The van der Waals surface area contributed by atoms with Crippen molar-refractivity contribution in [3.8, 4) is 0 Å². The number of carbonyl (C=O) groups is 1. The number of anilines is 1. The summed E-state index contributed by atoms with van der Waals surface area (Å²) >= 11 is 0. The largest absolute Gasteiger partial charge is 0.423 e. The standard InChI is InChI=1S/C22H23NO3/c1-13(2)19-11-20-17(10-22(25)26-21(20)8-14(19)3)12-23-18-7-5-6-16(9-18)15(4)24/h5-11,13,23H,12H2,1-4H3. The number of nitrogens with one attached hydrogen (secondary N) is 1. The number of aryl methyl sites for hydroxylation is 1. The Morgan fingerprint density at radius 3 is 2.62 bits per heavy atom. The van der Waals surface area contributed by atoms with E-state index in [1.165, 1.54) is 11.6 Å². The number of hydrogen-bond acceptors (Lipinski definition) is 4. The summed E-state index contributed by atoms with van der Waals surface area (Å²) in [4.78, 5) is 23.5. The maximum Gasteiger partial charge on any atom is 0.336 e. The zero-order valence-electron chi connectivity index (χ0n) is 15.6. The van der Waals surface area contributed by atoms with Crippen molar-refractivity contribution in [1.29, 1.82) is 0 Å². The number of benzene rings is 2. The second-order valence-electron chi connectivity index (χ2n) is 6.94. The molecule has 0 unspecified atom stereocenters. The van der Waals surface area contributed by atoms with E-state index < -0.39 is 0 Å². The highest BCUT2D eigenvalue weighted by Gasteiger charge is 2.11. The van der Waals surface area contributed by atoms with E-state index in [1.807, 2.05) is 31.2 Å². The van der Waals surface area contributed by atoms with Gasteiger partial charge >= 0.3 is 5.63 Å². The lowest BCUT2D eigenvalue weighted by atomic mass is 9.95. The number of ketones is 1. The van der Waals surface area contributed by atoms with Crippen molar-refractivity contribution >= 4 is 22.4 Å². The van der Waals surface area contributed by atoms with Gasteiger partial charge in [0.25, 0.3) is 0 Å². The molecule has 134 valence electrons. The first-order valence-electron chi connectivity index (χ1n) is 8.77. The summed E-state index contributed by atoms with van der Waals surface area (Å²) in [5.41, 5.74) is 4.99. The van der Waals surface area contributed by atoms with Crippen molar-refractivity contribution in [3.63, 3.8) is 0 Å². The molecule has 26 heavy (non-hydrogen) atoms. The van der Waals surface area contributed by atoms with Gasteiger partial charge < -0.3 is 9.73 Å². The molecule has 0 radical (unpaired) electrons. The first-order valence-corrected chi connectivity index (χ1v) is 8.77. The van der Waals surface area contributed by atoms with Gasteiger partial charge in [0.2, 0.25) is 0 Å². The van der Waals surface area contributed by atoms with Crippen LogP contribution in [0.2, 0.25) is 0 Å². The van der Waals surface area contributed by atoms with Gasteiger partial charge in [0.1, 0.15) is 5.58 Å². The molecule has 2 aromatic carbocycles. The van der Waals surface area contributed by atoms with Crippen LogP contribution in [0.5, 0.6) is 0 Å². The molecule has 0 aliphatic carbocycles. The Labute approximate surface area is 152 Å². The third kappa shape index (κ3) is 3.69. The summed E-state index contributed by atoms with van der Waals surface area (Å²) in [6.07, 6.45) is 0. The van der Waals surface area contributed by atoms with Crippen molar-refractivity contribution in [3.05, 3.63) is 75.1 Å². The highest BCUT2D eigenvalue weighted by molar-refractivity contribution is 5.95. The van der Waals surface area contributed by atoms with Crippen molar-refractivity contribution in [2.75, 3.05) is 5.32 Å². The molecule has 0 bridgehead atoms. The van der Waals surface area contributed by atoms with Gasteiger partial charge in [0, 0.05) is 29.2 Å². The van der Waals surface area contributed by atoms with E-state index in [-0.39, 0.29) is 11.4 Å². The average molecular weight is 349 g/mol. The fraction of sp³-hybridized carbons (Fsp3) is 0.273. The Bertz CT molecular complexity index is 1030. The summed E-state index contributed by atoms with van der Waals surface area (Å²) in [6, 6.07) is 12.9. The molecule has 3 rings (SSSR count). The number of carbonyl (C=O) groups excluding carboxylic acids is 1.